The quantitative estimate of drug-likeness (QED) is 0.0207. The van der Waals surface area contributed by atoms with Crippen molar-refractivity contribution >= 4 is 36.1 Å². The van der Waals surface area contributed by atoms with Gasteiger partial charge in [0, 0.05) is 18.1 Å². The minimum atomic E-state index is -1.19. The van der Waals surface area contributed by atoms with E-state index >= 15 is 0 Å². The Balaban J connectivity index is 4.41. The van der Waals surface area contributed by atoms with Crippen LogP contribution in [0.5, 0.6) is 0 Å². The third-order valence-corrected chi connectivity index (χ3v) is 13.7. The van der Waals surface area contributed by atoms with Crippen molar-refractivity contribution in [3.05, 3.63) is 0 Å². The largest absolute Gasteiger partial charge is 0.562 e. The van der Waals surface area contributed by atoms with Gasteiger partial charge in [-0.1, -0.05) is 206 Å². The zero-order chi connectivity index (χ0) is 40.2. The van der Waals surface area contributed by atoms with Crippen LogP contribution in [0.3, 0.4) is 0 Å². The number of hydroxylamine groups is 4. The van der Waals surface area contributed by atoms with Gasteiger partial charge in [-0.25, -0.2) is 0 Å². The molecule has 0 aromatic carbocycles. The van der Waals surface area contributed by atoms with Crippen LogP contribution in [0.25, 0.3) is 0 Å². The van der Waals surface area contributed by atoms with Gasteiger partial charge in [-0.15, -0.1) is 0 Å². The molecule has 0 aliphatic heterocycles. The SMILES string of the molecule is CCCCCCCCCCCCCCCCCCS[N+](OO[N+](SCCCCCCCCCCCCCCCCCC)(C(=O)O)C(C)C)(C(=O)O)C(C)C. The number of hydrogen-bond donors (Lipinski definition) is 2. The van der Waals surface area contributed by atoms with Gasteiger partial charge in [-0.05, 0) is 40.5 Å². The zero-order valence-corrected chi connectivity index (χ0v) is 38.1. The normalized spacial score (nSPS) is 14.1. The highest BCUT2D eigenvalue weighted by Crippen LogP contribution is 2.36. The first-order valence-corrected chi connectivity index (χ1v) is 24.9. The smallest absolute Gasteiger partial charge is 0.432 e. The van der Waals surface area contributed by atoms with Crippen molar-refractivity contribution < 1.29 is 37.9 Å². The molecule has 0 fully saturated rings. The standard InChI is InChI=1S/C44H88N2O6S2/c1-7-9-11-13-15-17-19-21-23-25-27-29-31-33-35-37-39-53-45(41(3)4,43(47)48)51-52-46(42(5)6,44(49)50)54-40-38-36-34-32-30-28-26-24-22-20-18-16-14-12-10-8-2/h41-42H,7-40H2,1-6H3/p+2. The lowest BCUT2D eigenvalue weighted by Gasteiger charge is -2.33. The van der Waals surface area contributed by atoms with Crippen molar-refractivity contribution in [2.24, 2.45) is 0 Å². The minimum Gasteiger partial charge on any atom is -0.432 e. The number of quaternary nitrogens is 2. The molecule has 322 valence electrons. The molecular weight excluding hydrogens is 717 g/mol. The lowest BCUT2D eigenvalue weighted by Crippen LogP contribution is -2.57. The summed E-state index contributed by atoms with van der Waals surface area (Å²) >= 11 is 2.33. The monoisotopic (exact) mass is 807 g/mol. The molecule has 0 radical (unpaired) electrons. The average molecular weight is 807 g/mol. The van der Waals surface area contributed by atoms with Crippen LogP contribution < -0.4 is 0 Å². The Kier molecular flexibility index (Phi) is 36.4. The van der Waals surface area contributed by atoms with Gasteiger partial charge < -0.3 is 10.2 Å². The second-order valence-corrected chi connectivity index (χ2v) is 18.8. The molecule has 2 unspecified atom stereocenters. The molecule has 2 amide bonds. The maximum atomic E-state index is 12.6. The first kappa shape index (κ1) is 53.5. The van der Waals surface area contributed by atoms with E-state index in [1.807, 2.05) is 0 Å². The average Bonchev–Trinajstić information content (AvgIpc) is 3.13. The van der Waals surface area contributed by atoms with Gasteiger partial charge in [-0.2, -0.15) is 9.59 Å². The zero-order valence-electron chi connectivity index (χ0n) is 36.4. The van der Waals surface area contributed by atoms with E-state index in [2.05, 4.69) is 13.8 Å². The molecule has 0 aliphatic rings. The fourth-order valence-corrected chi connectivity index (χ4v) is 9.10. The van der Waals surface area contributed by atoms with Crippen LogP contribution in [-0.2, 0) is 9.98 Å². The summed E-state index contributed by atoms with van der Waals surface area (Å²) in [7, 11) is 0. The van der Waals surface area contributed by atoms with Crippen LogP contribution in [-0.4, -0.2) is 54.1 Å². The Labute approximate surface area is 343 Å². The highest BCUT2D eigenvalue weighted by Gasteiger charge is 2.55. The van der Waals surface area contributed by atoms with Crippen LogP contribution in [0.2, 0.25) is 0 Å². The number of unbranched alkanes of at least 4 members (excludes halogenated alkanes) is 30. The molecule has 0 aromatic rings. The lowest BCUT2D eigenvalue weighted by molar-refractivity contribution is -1.15. The van der Waals surface area contributed by atoms with E-state index in [0.29, 0.717) is 11.5 Å². The first-order chi connectivity index (χ1) is 26.1. The summed E-state index contributed by atoms with van der Waals surface area (Å²) in [6, 6.07) is -0.969. The molecule has 0 spiro atoms. The highest BCUT2D eigenvalue weighted by molar-refractivity contribution is 7.94. The number of amides is 2. The molecule has 0 aliphatic carbocycles. The molecular formula is C44H90N2O6S2+2. The van der Waals surface area contributed by atoms with Crippen LogP contribution in [0.15, 0.2) is 0 Å². The summed E-state index contributed by atoms with van der Waals surface area (Å²) in [5.74, 6) is 1.18. The molecule has 0 saturated heterocycles. The predicted octanol–water partition coefficient (Wildman–Crippen LogP) is 16.4. The second-order valence-electron chi connectivity index (χ2n) is 16.4. The Morgan fingerprint density at radius 2 is 0.574 bits per heavy atom. The maximum Gasteiger partial charge on any atom is 0.562 e. The summed E-state index contributed by atoms with van der Waals surface area (Å²) < 4.78 is -1.70. The van der Waals surface area contributed by atoms with Crippen molar-refractivity contribution in [1.82, 2.24) is 0 Å². The van der Waals surface area contributed by atoms with E-state index in [4.69, 9.17) is 9.98 Å². The van der Waals surface area contributed by atoms with Gasteiger partial charge in [0.15, 0.2) is 0 Å². The third kappa shape index (κ3) is 26.4. The summed E-state index contributed by atoms with van der Waals surface area (Å²) in [5.41, 5.74) is 0. The maximum absolute atomic E-state index is 12.6. The van der Waals surface area contributed by atoms with Gasteiger partial charge in [0.1, 0.15) is 36.0 Å². The van der Waals surface area contributed by atoms with Crippen LogP contribution in [0.1, 0.15) is 247 Å². The fraction of sp³-hybridized carbons (Fsp3) is 0.955. The Morgan fingerprint density at radius 1 is 0.389 bits per heavy atom. The van der Waals surface area contributed by atoms with Gasteiger partial charge in [0.2, 0.25) is 0 Å². The van der Waals surface area contributed by atoms with Crippen LogP contribution in [0, 0.1) is 0 Å². The number of carbonyl (C=O) groups is 2. The molecule has 0 rings (SSSR count). The molecule has 10 heteroatoms. The highest BCUT2D eigenvalue weighted by atomic mass is 32.2. The molecule has 2 N–H and O–H groups in total. The van der Waals surface area contributed by atoms with Crippen LogP contribution in [0.4, 0.5) is 9.59 Å². The number of nitrogens with zero attached hydrogens (tertiary/aromatic N) is 2. The summed E-state index contributed by atoms with van der Waals surface area (Å²) in [6.45, 7) is 11.6. The Morgan fingerprint density at radius 3 is 0.741 bits per heavy atom. The van der Waals surface area contributed by atoms with Gasteiger partial charge in [-0.3, -0.25) is 0 Å². The predicted molar refractivity (Wildman–Crippen MR) is 233 cm³/mol. The van der Waals surface area contributed by atoms with Crippen molar-refractivity contribution in [2.45, 2.75) is 259 Å². The van der Waals surface area contributed by atoms with E-state index in [9.17, 15) is 19.8 Å². The molecule has 0 heterocycles. The van der Waals surface area contributed by atoms with Gasteiger partial charge in [0.05, 0.1) is 11.5 Å². The summed E-state index contributed by atoms with van der Waals surface area (Å²) in [5, 5.41) is 20.6. The lowest BCUT2D eigenvalue weighted by atomic mass is 10.0. The fourth-order valence-electron chi connectivity index (χ4n) is 6.93. The molecule has 0 aromatic heterocycles. The van der Waals surface area contributed by atoms with E-state index in [-0.39, 0.29) is 0 Å². The molecule has 0 bridgehead atoms. The van der Waals surface area contributed by atoms with E-state index < -0.39 is 32.4 Å². The Hall–Kier alpha value is -0.520. The van der Waals surface area contributed by atoms with Crippen LogP contribution >= 0.6 is 23.9 Å². The second kappa shape index (κ2) is 36.8. The molecule has 0 saturated carbocycles. The van der Waals surface area contributed by atoms with Crippen molar-refractivity contribution in [1.29, 1.82) is 0 Å². The molecule has 8 nitrogen and oxygen atoms in total. The van der Waals surface area contributed by atoms with Crippen molar-refractivity contribution in [3.8, 4) is 0 Å². The van der Waals surface area contributed by atoms with Crippen molar-refractivity contribution in [3.63, 3.8) is 0 Å². The minimum absolute atomic E-state index is 0.485. The summed E-state index contributed by atoms with van der Waals surface area (Å²) in [6.07, 6.45) is 38.8. The van der Waals surface area contributed by atoms with E-state index in [0.717, 1.165) is 38.5 Å². The topological polar surface area (TPSA) is 93.1 Å². The van der Waals surface area contributed by atoms with Gasteiger partial charge in [0.25, 0.3) is 0 Å². The number of rotatable bonds is 41. The van der Waals surface area contributed by atoms with E-state index in [1.54, 1.807) is 27.7 Å². The number of carboxylic acid groups (broad SMARTS) is 2. The van der Waals surface area contributed by atoms with E-state index in [1.165, 1.54) is 191 Å². The first-order valence-electron chi connectivity index (χ1n) is 23.0. The number of hydrogen-bond acceptors (Lipinski definition) is 6. The van der Waals surface area contributed by atoms with Gasteiger partial charge >= 0.3 is 12.2 Å². The Bertz CT molecular complexity index is 799. The summed E-state index contributed by atoms with van der Waals surface area (Å²) in [4.78, 5) is 36.7. The molecule has 54 heavy (non-hydrogen) atoms. The third-order valence-electron chi connectivity index (χ3n) is 10.7. The van der Waals surface area contributed by atoms with Crippen molar-refractivity contribution in [2.75, 3.05) is 11.5 Å². The molecule has 2 atom stereocenters.